The second-order valence-electron chi connectivity index (χ2n) is 1.96. The molecule has 0 rings (SSSR count). The molecule has 0 radical (unpaired) electrons. The van der Waals surface area contributed by atoms with Crippen LogP contribution in [0.4, 0.5) is 0 Å². The summed E-state index contributed by atoms with van der Waals surface area (Å²) >= 11 is 3.96. The lowest BCUT2D eigenvalue weighted by Gasteiger charge is -1.99. The van der Waals surface area contributed by atoms with E-state index < -0.39 is 0 Å². The summed E-state index contributed by atoms with van der Waals surface area (Å²) in [6, 6.07) is 0. The predicted octanol–water partition coefficient (Wildman–Crippen LogP) is 1.69. The summed E-state index contributed by atoms with van der Waals surface area (Å²) in [6.07, 6.45) is 2.16. The van der Waals surface area contributed by atoms with Gasteiger partial charge in [-0.2, -0.15) is 23.5 Å². The number of thioether (sulfide) groups is 2. The molecule has 1 N–H and O–H groups in total. The van der Waals surface area contributed by atoms with Gasteiger partial charge >= 0.3 is 0 Å². The van der Waals surface area contributed by atoms with Gasteiger partial charge in [0.1, 0.15) is 0 Å². The van der Waals surface area contributed by atoms with Crippen LogP contribution in [0.3, 0.4) is 0 Å². The highest BCUT2D eigenvalue weighted by Gasteiger charge is 1.86. The zero-order valence-corrected chi connectivity index (χ0v) is 8.49. The Bertz CT molecular complexity index is 51.6. The van der Waals surface area contributed by atoms with E-state index in [0.717, 1.165) is 13.1 Å². The van der Waals surface area contributed by atoms with E-state index in [1.54, 1.807) is 0 Å². The third kappa shape index (κ3) is 8.66. The minimum absolute atomic E-state index is 1.10. The van der Waals surface area contributed by atoms with E-state index in [1.807, 2.05) is 23.5 Å². The SMILES string of the molecule is CCNCCSCCSC. The van der Waals surface area contributed by atoms with Gasteiger partial charge in [0.15, 0.2) is 0 Å². The maximum atomic E-state index is 3.30. The van der Waals surface area contributed by atoms with E-state index in [9.17, 15) is 0 Å². The monoisotopic (exact) mass is 179 g/mol. The molecule has 0 spiro atoms. The van der Waals surface area contributed by atoms with Gasteiger partial charge in [-0.1, -0.05) is 6.92 Å². The Kier molecular flexibility index (Phi) is 10.3. The van der Waals surface area contributed by atoms with Crippen molar-refractivity contribution in [2.75, 3.05) is 36.6 Å². The zero-order valence-electron chi connectivity index (χ0n) is 6.85. The number of hydrogen-bond donors (Lipinski definition) is 1. The highest BCUT2D eigenvalue weighted by molar-refractivity contribution is 8.02. The first-order valence-corrected chi connectivity index (χ1v) is 6.24. The summed E-state index contributed by atoms with van der Waals surface area (Å²) in [5.41, 5.74) is 0. The van der Waals surface area contributed by atoms with Gasteiger partial charge < -0.3 is 5.32 Å². The van der Waals surface area contributed by atoms with Gasteiger partial charge in [0.05, 0.1) is 0 Å². The average Bonchev–Trinajstić information content (AvgIpc) is 1.97. The Labute approximate surface area is 72.7 Å². The molecule has 0 fully saturated rings. The molecule has 1 nitrogen and oxygen atoms in total. The maximum absolute atomic E-state index is 3.30. The van der Waals surface area contributed by atoms with Gasteiger partial charge in [-0.15, -0.1) is 0 Å². The summed E-state index contributed by atoms with van der Waals surface area (Å²) in [5, 5.41) is 3.30. The second-order valence-corrected chi connectivity index (χ2v) is 4.17. The third-order valence-corrected chi connectivity index (χ3v) is 2.96. The molecule has 0 aliphatic carbocycles. The molecule has 0 bridgehead atoms. The molecule has 0 amide bonds. The van der Waals surface area contributed by atoms with E-state index in [4.69, 9.17) is 0 Å². The normalized spacial score (nSPS) is 10.2. The smallest absolute Gasteiger partial charge is 0.00583 e. The summed E-state index contributed by atoms with van der Waals surface area (Å²) in [6.45, 7) is 4.41. The Morgan fingerprint density at radius 2 is 2.00 bits per heavy atom. The van der Waals surface area contributed by atoms with Crippen molar-refractivity contribution in [3.05, 3.63) is 0 Å². The van der Waals surface area contributed by atoms with Gasteiger partial charge in [-0.3, -0.25) is 0 Å². The molecule has 0 aromatic heterocycles. The molecule has 0 unspecified atom stereocenters. The summed E-state index contributed by atoms with van der Waals surface area (Å²) in [5.74, 6) is 3.84. The van der Waals surface area contributed by atoms with Crippen molar-refractivity contribution in [1.82, 2.24) is 5.32 Å². The summed E-state index contributed by atoms with van der Waals surface area (Å²) < 4.78 is 0. The predicted molar refractivity (Wildman–Crippen MR) is 54.3 cm³/mol. The average molecular weight is 179 g/mol. The molecule has 3 heteroatoms. The minimum atomic E-state index is 1.10. The van der Waals surface area contributed by atoms with E-state index in [-0.39, 0.29) is 0 Å². The molecule has 0 aliphatic heterocycles. The zero-order chi connectivity index (χ0) is 7.66. The maximum Gasteiger partial charge on any atom is 0.00583 e. The van der Waals surface area contributed by atoms with Gasteiger partial charge in [-0.05, 0) is 12.8 Å². The third-order valence-electron chi connectivity index (χ3n) is 1.10. The number of nitrogens with one attached hydrogen (secondary N) is 1. The van der Waals surface area contributed by atoms with Gasteiger partial charge in [0, 0.05) is 23.8 Å². The molecule has 62 valence electrons. The molecule has 0 aliphatic rings. The van der Waals surface area contributed by atoms with Crippen molar-refractivity contribution < 1.29 is 0 Å². The van der Waals surface area contributed by atoms with Crippen molar-refractivity contribution in [3.63, 3.8) is 0 Å². The molecule has 0 saturated carbocycles. The molecular weight excluding hydrogens is 162 g/mol. The fraction of sp³-hybridized carbons (Fsp3) is 1.00. The Hall–Kier alpha value is 0.660. The Morgan fingerprint density at radius 1 is 1.20 bits per heavy atom. The van der Waals surface area contributed by atoms with Crippen molar-refractivity contribution in [3.8, 4) is 0 Å². The van der Waals surface area contributed by atoms with Crippen LogP contribution in [0, 0.1) is 0 Å². The summed E-state index contributed by atoms with van der Waals surface area (Å²) in [7, 11) is 0. The van der Waals surface area contributed by atoms with E-state index in [1.165, 1.54) is 17.3 Å². The van der Waals surface area contributed by atoms with Crippen molar-refractivity contribution in [1.29, 1.82) is 0 Å². The van der Waals surface area contributed by atoms with Gasteiger partial charge in [0.25, 0.3) is 0 Å². The van der Waals surface area contributed by atoms with Crippen molar-refractivity contribution >= 4 is 23.5 Å². The van der Waals surface area contributed by atoms with E-state index >= 15 is 0 Å². The lowest BCUT2D eigenvalue weighted by Crippen LogP contribution is -2.16. The van der Waals surface area contributed by atoms with Crippen LogP contribution in [0.15, 0.2) is 0 Å². The lowest BCUT2D eigenvalue weighted by atomic mass is 10.7. The first-order valence-electron chi connectivity index (χ1n) is 3.69. The van der Waals surface area contributed by atoms with Crippen LogP contribution in [-0.2, 0) is 0 Å². The van der Waals surface area contributed by atoms with Crippen LogP contribution < -0.4 is 5.32 Å². The first-order chi connectivity index (χ1) is 4.91. The van der Waals surface area contributed by atoms with Crippen LogP contribution in [0.5, 0.6) is 0 Å². The van der Waals surface area contributed by atoms with E-state index in [0.29, 0.717) is 0 Å². The quantitative estimate of drug-likeness (QED) is 0.597. The summed E-state index contributed by atoms with van der Waals surface area (Å²) in [4.78, 5) is 0. The van der Waals surface area contributed by atoms with Gasteiger partial charge in [-0.25, -0.2) is 0 Å². The fourth-order valence-corrected chi connectivity index (χ4v) is 2.20. The van der Waals surface area contributed by atoms with Gasteiger partial charge in [0.2, 0.25) is 0 Å². The van der Waals surface area contributed by atoms with Crippen LogP contribution in [0.1, 0.15) is 6.92 Å². The van der Waals surface area contributed by atoms with Crippen LogP contribution in [0.2, 0.25) is 0 Å². The Balaban J connectivity index is 2.65. The largest absolute Gasteiger partial charge is 0.316 e. The number of hydrogen-bond acceptors (Lipinski definition) is 3. The molecule has 0 atom stereocenters. The molecule has 10 heavy (non-hydrogen) atoms. The molecular formula is C7H17NS2. The van der Waals surface area contributed by atoms with Crippen molar-refractivity contribution in [2.24, 2.45) is 0 Å². The standard InChI is InChI=1S/C7H17NS2/c1-3-8-4-5-10-7-6-9-2/h8H,3-7H2,1-2H3. The fourth-order valence-electron chi connectivity index (χ4n) is 0.565. The molecule has 0 heterocycles. The van der Waals surface area contributed by atoms with Crippen LogP contribution >= 0.6 is 23.5 Å². The van der Waals surface area contributed by atoms with E-state index in [2.05, 4.69) is 18.5 Å². The highest BCUT2D eigenvalue weighted by atomic mass is 32.2. The number of rotatable bonds is 7. The highest BCUT2D eigenvalue weighted by Crippen LogP contribution is 2.02. The Morgan fingerprint density at radius 3 is 2.60 bits per heavy atom. The van der Waals surface area contributed by atoms with Crippen molar-refractivity contribution in [2.45, 2.75) is 6.92 Å². The molecule has 0 aromatic rings. The molecule has 0 aromatic carbocycles. The lowest BCUT2D eigenvalue weighted by molar-refractivity contribution is 0.768. The topological polar surface area (TPSA) is 12.0 Å². The first kappa shape index (κ1) is 10.7. The van der Waals surface area contributed by atoms with Crippen LogP contribution in [0.25, 0.3) is 0 Å². The minimum Gasteiger partial charge on any atom is -0.316 e. The molecule has 0 saturated heterocycles. The second kappa shape index (κ2) is 9.66. The van der Waals surface area contributed by atoms with Crippen LogP contribution in [-0.4, -0.2) is 36.6 Å².